The van der Waals surface area contributed by atoms with Crippen LogP contribution in [0.3, 0.4) is 0 Å². The van der Waals surface area contributed by atoms with Crippen molar-refractivity contribution in [2.24, 2.45) is 0 Å². The molecule has 0 unspecified atom stereocenters. The average molecular weight is 471 g/mol. The molecule has 0 bridgehead atoms. The van der Waals surface area contributed by atoms with E-state index in [9.17, 15) is 4.79 Å². The van der Waals surface area contributed by atoms with Gasteiger partial charge in [-0.3, -0.25) is 9.69 Å². The van der Waals surface area contributed by atoms with Crippen LogP contribution in [0.1, 0.15) is 16.2 Å². The van der Waals surface area contributed by atoms with Crippen LogP contribution in [-0.2, 0) is 6.54 Å². The number of hydrogen-bond acceptors (Lipinski definition) is 7. The van der Waals surface area contributed by atoms with E-state index in [4.69, 9.17) is 14.0 Å². The molecule has 0 spiro atoms. The minimum absolute atomic E-state index is 0.00248. The zero-order valence-corrected chi connectivity index (χ0v) is 17.7. The van der Waals surface area contributed by atoms with Gasteiger partial charge in [0.2, 0.25) is 18.5 Å². The average Bonchev–Trinajstić information content (AvgIpc) is 3.43. The van der Waals surface area contributed by atoms with Crippen molar-refractivity contribution in [3.8, 4) is 22.9 Å². The molecule has 0 radical (unpaired) electrons. The van der Waals surface area contributed by atoms with Crippen molar-refractivity contribution < 1.29 is 18.8 Å². The summed E-state index contributed by atoms with van der Waals surface area (Å²) in [6, 6.07) is 13.1. The summed E-state index contributed by atoms with van der Waals surface area (Å²) in [7, 11) is 0. The molecule has 1 saturated heterocycles. The Bertz CT molecular complexity index is 1080. The van der Waals surface area contributed by atoms with Crippen LogP contribution in [0.2, 0.25) is 0 Å². The molecular weight excluding hydrogens is 452 g/mol. The van der Waals surface area contributed by atoms with Crippen molar-refractivity contribution in [2.75, 3.05) is 33.0 Å². The monoisotopic (exact) mass is 470 g/mol. The predicted octanol–water partition coefficient (Wildman–Crippen LogP) is 3.19. The third kappa shape index (κ3) is 3.90. The van der Waals surface area contributed by atoms with Gasteiger partial charge in [-0.1, -0.05) is 33.2 Å². The third-order valence-corrected chi connectivity index (χ3v) is 5.68. The number of halogens is 1. The first-order valence-electron chi connectivity index (χ1n) is 9.65. The van der Waals surface area contributed by atoms with Crippen molar-refractivity contribution in [2.45, 2.75) is 6.54 Å². The molecular formula is C21H19BrN4O4. The third-order valence-electron chi connectivity index (χ3n) is 5.19. The highest BCUT2D eigenvalue weighted by Gasteiger charge is 2.25. The summed E-state index contributed by atoms with van der Waals surface area (Å²) in [5.74, 6) is 2.45. The van der Waals surface area contributed by atoms with Gasteiger partial charge in [0.05, 0.1) is 6.54 Å². The Morgan fingerprint density at radius 3 is 2.70 bits per heavy atom. The fraction of sp³-hybridized carbons (Fsp3) is 0.286. The fourth-order valence-electron chi connectivity index (χ4n) is 3.58. The van der Waals surface area contributed by atoms with Gasteiger partial charge in [0.1, 0.15) is 0 Å². The lowest BCUT2D eigenvalue weighted by molar-refractivity contribution is 0.0614. The number of aromatic nitrogens is 2. The molecule has 3 aromatic rings. The topological polar surface area (TPSA) is 80.9 Å². The summed E-state index contributed by atoms with van der Waals surface area (Å²) in [5.41, 5.74) is 1.52. The Morgan fingerprint density at radius 2 is 1.87 bits per heavy atom. The molecule has 5 rings (SSSR count). The molecule has 2 aromatic carbocycles. The molecule has 0 atom stereocenters. The van der Waals surface area contributed by atoms with Gasteiger partial charge in [-0.15, -0.1) is 0 Å². The van der Waals surface area contributed by atoms with E-state index >= 15 is 0 Å². The zero-order chi connectivity index (χ0) is 20.5. The van der Waals surface area contributed by atoms with Gasteiger partial charge in [0, 0.05) is 41.8 Å². The molecule has 2 aliphatic rings. The van der Waals surface area contributed by atoms with Crippen LogP contribution >= 0.6 is 15.9 Å². The van der Waals surface area contributed by atoms with Crippen molar-refractivity contribution >= 4 is 21.8 Å². The smallest absolute Gasteiger partial charge is 0.254 e. The Hall–Kier alpha value is -2.91. The zero-order valence-electron chi connectivity index (χ0n) is 16.1. The Labute approximate surface area is 181 Å². The highest BCUT2D eigenvalue weighted by Crippen LogP contribution is 2.33. The van der Waals surface area contributed by atoms with Crippen molar-refractivity contribution in [3.63, 3.8) is 0 Å². The van der Waals surface area contributed by atoms with Crippen molar-refractivity contribution in [1.29, 1.82) is 0 Å². The quantitative estimate of drug-likeness (QED) is 0.578. The van der Waals surface area contributed by atoms with Crippen LogP contribution in [0, 0.1) is 0 Å². The number of amides is 1. The van der Waals surface area contributed by atoms with E-state index in [1.54, 1.807) is 18.2 Å². The Kier molecular flexibility index (Phi) is 5.14. The van der Waals surface area contributed by atoms with Crippen LogP contribution in [0.15, 0.2) is 51.5 Å². The molecule has 2 aliphatic heterocycles. The van der Waals surface area contributed by atoms with E-state index in [1.165, 1.54) is 0 Å². The minimum atomic E-state index is 0.00248. The summed E-state index contributed by atoms with van der Waals surface area (Å²) < 4.78 is 17.1. The van der Waals surface area contributed by atoms with E-state index in [1.807, 2.05) is 29.2 Å². The Balaban J connectivity index is 1.18. The highest BCUT2D eigenvalue weighted by molar-refractivity contribution is 9.10. The number of piperazine rings is 1. The molecule has 9 heteroatoms. The second-order valence-electron chi connectivity index (χ2n) is 7.16. The normalized spacial score (nSPS) is 16.1. The molecule has 1 aromatic heterocycles. The van der Waals surface area contributed by atoms with E-state index < -0.39 is 0 Å². The van der Waals surface area contributed by atoms with Crippen LogP contribution in [0.25, 0.3) is 11.4 Å². The highest BCUT2D eigenvalue weighted by atomic mass is 79.9. The van der Waals surface area contributed by atoms with Gasteiger partial charge in [-0.25, -0.2) is 0 Å². The summed E-state index contributed by atoms with van der Waals surface area (Å²) in [4.78, 5) is 21.4. The maximum absolute atomic E-state index is 12.8. The fourth-order valence-corrected chi connectivity index (χ4v) is 3.98. The molecule has 30 heavy (non-hydrogen) atoms. The first-order chi connectivity index (χ1) is 14.7. The first-order valence-corrected chi connectivity index (χ1v) is 10.4. The predicted molar refractivity (Wildman–Crippen MR) is 111 cm³/mol. The Morgan fingerprint density at radius 1 is 1.03 bits per heavy atom. The molecule has 8 nitrogen and oxygen atoms in total. The van der Waals surface area contributed by atoms with Gasteiger partial charge >= 0.3 is 0 Å². The summed E-state index contributed by atoms with van der Waals surface area (Å²) in [5, 5.41) is 4.08. The van der Waals surface area contributed by atoms with Crippen molar-refractivity contribution in [1.82, 2.24) is 19.9 Å². The molecule has 154 valence electrons. The number of fused-ring (bicyclic) bond motifs is 1. The molecule has 3 heterocycles. The largest absolute Gasteiger partial charge is 0.454 e. The van der Waals surface area contributed by atoms with E-state index in [-0.39, 0.29) is 12.7 Å². The van der Waals surface area contributed by atoms with Gasteiger partial charge < -0.3 is 18.9 Å². The van der Waals surface area contributed by atoms with Crippen molar-refractivity contribution in [3.05, 3.63) is 58.4 Å². The van der Waals surface area contributed by atoms with Crippen LogP contribution in [-0.4, -0.2) is 58.8 Å². The second-order valence-corrected chi connectivity index (χ2v) is 8.07. The van der Waals surface area contributed by atoms with Crippen LogP contribution < -0.4 is 9.47 Å². The summed E-state index contributed by atoms with van der Waals surface area (Å²) in [6.45, 7) is 3.52. The number of carbonyl (C=O) groups excluding carboxylic acids is 1. The van der Waals surface area contributed by atoms with Gasteiger partial charge in [-0.05, 0) is 30.3 Å². The lowest BCUT2D eigenvalue weighted by Crippen LogP contribution is -2.48. The number of rotatable bonds is 4. The second kappa shape index (κ2) is 8.08. The lowest BCUT2D eigenvalue weighted by atomic mass is 10.1. The number of carbonyl (C=O) groups is 1. The maximum Gasteiger partial charge on any atom is 0.254 e. The standard InChI is InChI=1S/C21H19BrN4O4/c22-16-3-1-2-14(10-16)20-23-19(30-24-20)12-25-6-8-26(9-7-25)21(27)15-4-5-17-18(11-15)29-13-28-17/h1-5,10-11H,6-9,12-13H2. The molecule has 0 saturated carbocycles. The van der Waals surface area contributed by atoms with Crippen LogP contribution in [0.5, 0.6) is 11.5 Å². The SMILES string of the molecule is O=C(c1ccc2c(c1)OCO2)N1CCN(Cc2nc(-c3cccc(Br)c3)no2)CC1. The molecule has 0 N–H and O–H groups in total. The minimum Gasteiger partial charge on any atom is -0.454 e. The molecule has 1 fully saturated rings. The van der Waals surface area contributed by atoms with E-state index in [0.29, 0.717) is 48.4 Å². The lowest BCUT2D eigenvalue weighted by Gasteiger charge is -2.34. The van der Waals surface area contributed by atoms with Crippen LogP contribution in [0.4, 0.5) is 0 Å². The number of nitrogens with zero attached hydrogens (tertiary/aromatic N) is 4. The number of ether oxygens (including phenoxy) is 2. The summed E-state index contributed by atoms with van der Waals surface area (Å²) >= 11 is 3.45. The van der Waals surface area contributed by atoms with Gasteiger partial charge in [-0.2, -0.15) is 4.98 Å². The van der Waals surface area contributed by atoms with Gasteiger partial charge in [0.15, 0.2) is 11.5 Å². The molecule has 0 aliphatic carbocycles. The maximum atomic E-state index is 12.8. The van der Waals surface area contributed by atoms with Gasteiger partial charge in [0.25, 0.3) is 5.91 Å². The number of hydrogen-bond donors (Lipinski definition) is 0. The summed E-state index contributed by atoms with van der Waals surface area (Å²) in [6.07, 6.45) is 0. The van der Waals surface area contributed by atoms with E-state index in [0.717, 1.165) is 23.1 Å². The first kappa shape index (κ1) is 19.1. The number of benzene rings is 2. The molecule has 1 amide bonds. The van der Waals surface area contributed by atoms with E-state index in [2.05, 4.69) is 31.0 Å².